The summed E-state index contributed by atoms with van der Waals surface area (Å²) in [4.78, 5) is 43.3. The summed E-state index contributed by atoms with van der Waals surface area (Å²) in [5.74, 6) is 0.865. The molecule has 4 rings (SSSR count). The molecule has 1 aliphatic carbocycles. The number of hydrogen-bond acceptors (Lipinski definition) is 9. The fraction of sp³-hybridized carbons (Fsp3) is 0.400. The molecule has 2 aromatic carbocycles. The standard InChI is InChI=1S/C30H36N4O6S/c1-7-16(2)26(29(37)34-30-31-12-13-41-30)33-22-11-9-19-20(15-23(22)36)21(32-17(3)35)10-8-18-14-24(38-4)27(39-5)28(40-6)25(18)19/h9,11-16,21,26H,7-8,10H2,1-6H3,(H,32,35)(H,33,36)(H,31,34,37)/t16-,21-,26-/m0/s1. The Hall–Kier alpha value is -4.12. The van der Waals surface area contributed by atoms with Gasteiger partial charge in [0.15, 0.2) is 16.6 Å². The van der Waals surface area contributed by atoms with Crippen LogP contribution in [0.5, 0.6) is 17.2 Å². The number of rotatable bonds is 10. The molecule has 1 aliphatic rings. The first-order chi connectivity index (χ1) is 19.7. The highest BCUT2D eigenvalue weighted by molar-refractivity contribution is 7.13. The number of nitrogens with one attached hydrogen (secondary N) is 3. The molecule has 41 heavy (non-hydrogen) atoms. The van der Waals surface area contributed by atoms with Gasteiger partial charge in [0.05, 0.1) is 33.1 Å². The van der Waals surface area contributed by atoms with Crippen molar-refractivity contribution in [3.05, 3.63) is 57.2 Å². The van der Waals surface area contributed by atoms with Gasteiger partial charge in [0.2, 0.25) is 23.0 Å². The lowest BCUT2D eigenvalue weighted by Gasteiger charge is -2.23. The molecule has 0 radical (unpaired) electrons. The minimum atomic E-state index is -0.684. The predicted molar refractivity (Wildman–Crippen MR) is 160 cm³/mol. The van der Waals surface area contributed by atoms with Gasteiger partial charge >= 0.3 is 0 Å². The summed E-state index contributed by atoms with van der Waals surface area (Å²) >= 11 is 1.32. The molecule has 1 aromatic heterocycles. The average Bonchev–Trinajstić information content (AvgIpc) is 3.36. The van der Waals surface area contributed by atoms with Gasteiger partial charge in [-0.2, -0.15) is 0 Å². The molecule has 0 bridgehead atoms. The Morgan fingerprint density at radius 2 is 1.88 bits per heavy atom. The summed E-state index contributed by atoms with van der Waals surface area (Å²) < 4.78 is 17.1. The maximum Gasteiger partial charge on any atom is 0.248 e. The van der Waals surface area contributed by atoms with E-state index in [-0.39, 0.29) is 28.8 Å². The number of amides is 2. The van der Waals surface area contributed by atoms with Crippen LogP contribution in [0.25, 0.3) is 11.1 Å². The van der Waals surface area contributed by atoms with Crippen molar-refractivity contribution < 1.29 is 23.8 Å². The van der Waals surface area contributed by atoms with E-state index < -0.39 is 12.1 Å². The highest BCUT2D eigenvalue weighted by atomic mass is 32.1. The summed E-state index contributed by atoms with van der Waals surface area (Å²) in [6, 6.07) is 5.85. The number of thiazole rings is 1. The van der Waals surface area contributed by atoms with Crippen LogP contribution in [-0.4, -0.2) is 44.2 Å². The van der Waals surface area contributed by atoms with Crippen molar-refractivity contribution in [3.63, 3.8) is 0 Å². The van der Waals surface area contributed by atoms with E-state index in [1.165, 1.54) is 24.3 Å². The topological polar surface area (TPSA) is 128 Å². The molecule has 3 aromatic rings. The van der Waals surface area contributed by atoms with E-state index in [1.807, 2.05) is 26.0 Å². The number of aromatic nitrogens is 1. The Kier molecular flexibility index (Phi) is 9.49. The second-order valence-corrected chi connectivity index (χ2v) is 10.8. The van der Waals surface area contributed by atoms with E-state index in [0.29, 0.717) is 52.8 Å². The lowest BCUT2D eigenvalue weighted by Crippen LogP contribution is -2.40. The van der Waals surface area contributed by atoms with Crippen molar-refractivity contribution in [2.45, 2.75) is 52.1 Å². The van der Waals surface area contributed by atoms with Gasteiger partial charge in [0.25, 0.3) is 0 Å². The quantitative estimate of drug-likeness (QED) is 0.313. The number of nitrogens with zero attached hydrogens (tertiary/aromatic N) is 1. The summed E-state index contributed by atoms with van der Waals surface area (Å²) in [7, 11) is 4.66. The number of benzene rings is 1. The van der Waals surface area contributed by atoms with E-state index >= 15 is 0 Å². The van der Waals surface area contributed by atoms with Crippen LogP contribution in [0.1, 0.15) is 50.8 Å². The zero-order chi connectivity index (χ0) is 29.7. The molecular weight excluding hydrogens is 544 g/mol. The fourth-order valence-electron chi connectivity index (χ4n) is 5.16. The number of ether oxygens (including phenoxy) is 3. The third kappa shape index (κ3) is 6.30. The number of methoxy groups -OCH3 is 3. The molecular formula is C30H36N4O6S. The average molecular weight is 581 g/mol. The Morgan fingerprint density at radius 3 is 2.49 bits per heavy atom. The molecule has 10 nitrogen and oxygen atoms in total. The van der Waals surface area contributed by atoms with Gasteiger partial charge in [0.1, 0.15) is 6.04 Å². The maximum absolute atomic E-state index is 13.7. The molecule has 1 heterocycles. The van der Waals surface area contributed by atoms with Crippen LogP contribution >= 0.6 is 11.3 Å². The molecule has 218 valence electrons. The largest absolute Gasteiger partial charge is 0.493 e. The number of fused-ring (bicyclic) bond motifs is 3. The van der Waals surface area contributed by atoms with E-state index in [4.69, 9.17) is 14.2 Å². The van der Waals surface area contributed by atoms with Crippen LogP contribution in [0, 0.1) is 5.92 Å². The molecule has 2 amide bonds. The lowest BCUT2D eigenvalue weighted by molar-refractivity contribution is -0.120. The van der Waals surface area contributed by atoms with Gasteiger partial charge in [-0.1, -0.05) is 26.3 Å². The van der Waals surface area contributed by atoms with Crippen molar-refractivity contribution >= 4 is 34.0 Å². The summed E-state index contributed by atoms with van der Waals surface area (Å²) in [5, 5.41) is 11.3. The third-order valence-electron chi connectivity index (χ3n) is 7.38. The van der Waals surface area contributed by atoms with Crippen molar-refractivity contribution in [2.75, 3.05) is 32.0 Å². The number of carbonyl (C=O) groups is 2. The Morgan fingerprint density at radius 1 is 1.12 bits per heavy atom. The Balaban J connectivity index is 1.88. The minimum Gasteiger partial charge on any atom is -0.493 e. The number of anilines is 2. The lowest BCUT2D eigenvalue weighted by atomic mass is 9.95. The zero-order valence-electron chi connectivity index (χ0n) is 24.1. The van der Waals surface area contributed by atoms with Gasteiger partial charge < -0.3 is 30.2 Å². The van der Waals surface area contributed by atoms with Crippen molar-refractivity contribution in [2.24, 2.45) is 5.92 Å². The van der Waals surface area contributed by atoms with Crippen LogP contribution in [0.4, 0.5) is 10.8 Å². The van der Waals surface area contributed by atoms with Crippen LogP contribution in [0.15, 0.2) is 40.6 Å². The van der Waals surface area contributed by atoms with E-state index in [9.17, 15) is 14.4 Å². The van der Waals surface area contributed by atoms with Crippen LogP contribution < -0.4 is 35.6 Å². The first kappa shape index (κ1) is 29.9. The second-order valence-electron chi connectivity index (χ2n) is 9.93. The Labute approximate surface area is 243 Å². The fourth-order valence-corrected chi connectivity index (χ4v) is 5.70. The molecule has 0 unspecified atom stereocenters. The molecule has 0 saturated heterocycles. The normalized spacial score (nSPS) is 15.3. The van der Waals surface area contributed by atoms with Crippen LogP contribution in [0.2, 0.25) is 0 Å². The van der Waals surface area contributed by atoms with E-state index in [0.717, 1.165) is 11.1 Å². The first-order valence-corrected chi connectivity index (χ1v) is 14.3. The van der Waals surface area contributed by atoms with Gasteiger partial charge in [-0.25, -0.2) is 4.98 Å². The summed E-state index contributed by atoms with van der Waals surface area (Å²) in [5.41, 5.74) is 3.01. The minimum absolute atomic E-state index is 0.0811. The van der Waals surface area contributed by atoms with Crippen molar-refractivity contribution in [3.8, 4) is 28.4 Å². The van der Waals surface area contributed by atoms with Crippen molar-refractivity contribution in [1.29, 1.82) is 0 Å². The third-order valence-corrected chi connectivity index (χ3v) is 8.07. The molecule has 11 heteroatoms. The first-order valence-electron chi connectivity index (χ1n) is 13.5. The van der Waals surface area contributed by atoms with Crippen LogP contribution in [-0.2, 0) is 16.0 Å². The van der Waals surface area contributed by atoms with Gasteiger partial charge in [-0.05, 0) is 53.6 Å². The van der Waals surface area contributed by atoms with Gasteiger partial charge in [-0.3, -0.25) is 14.4 Å². The van der Waals surface area contributed by atoms with Crippen LogP contribution in [0.3, 0.4) is 0 Å². The number of hydrogen-bond donors (Lipinski definition) is 3. The maximum atomic E-state index is 13.7. The van der Waals surface area contributed by atoms with E-state index in [2.05, 4.69) is 20.9 Å². The number of aryl methyl sites for hydroxylation is 1. The number of carbonyl (C=O) groups excluding carboxylic acids is 2. The molecule has 0 aliphatic heterocycles. The predicted octanol–water partition coefficient (Wildman–Crippen LogP) is 4.78. The molecule has 3 N–H and O–H groups in total. The highest BCUT2D eigenvalue weighted by Crippen LogP contribution is 2.50. The van der Waals surface area contributed by atoms with Gasteiger partial charge in [0, 0.05) is 24.1 Å². The second kappa shape index (κ2) is 13.0. The SMILES string of the molecule is CC[C@H](C)[C@H](Nc1ccc2c(cc1=O)[C@@H](NC(C)=O)CCc1cc(OC)c(OC)c(OC)c1-2)C(=O)Nc1nccs1. The van der Waals surface area contributed by atoms with E-state index in [1.54, 1.807) is 39.0 Å². The monoisotopic (exact) mass is 580 g/mol. The smallest absolute Gasteiger partial charge is 0.248 e. The molecule has 0 saturated carbocycles. The molecule has 0 spiro atoms. The summed E-state index contributed by atoms with van der Waals surface area (Å²) in [6.45, 7) is 5.40. The Bertz CT molecular complexity index is 1480. The van der Waals surface area contributed by atoms with Gasteiger partial charge in [-0.15, -0.1) is 11.3 Å². The molecule has 3 atom stereocenters. The van der Waals surface area contributed by atoms with Crippen molar-refractivity contribution in [1.82, 2.24) is 10.3 Å². The highest BCUT2D eigenvalue weighted by Gasteiger charge is 2.30. The summed E-state index contributed by atoms with van der Waals surface area (Å²) in [6.07, 6.45) is 3.48. The molecule has 0 fully saturated rings. The zero-order valence-corrected chi connectivity index (χ0v) is 24.9.